The van der Waals surface area contributed by atoms with Crippen molar-refractivity contribution in [1.82, 2.24) is 4.90 Å². The van der Waals surface area contributed by atoms with Crippen LogP contribution in [0.15, 0.2) is 114 Å². The molecule has 0 saturated carbocycles. The number of carbonyl (C=O) groups excluding carboxylic acids is 3. The molecule has 5 atom stereocenters. The summed E-state index contributed by atoms with van der Waals surface area (Å²) < 4.78 is 13.0. The summed E-state index contributed by atoms with van der Waals surface area (Å²) in [5.41, 5.74) is 7.24. The van der Waals surface area contributed by atoms with Crippen molar-refractivity contribution in [3.63, 3.8) is 0 Å². The second-order valence-electron chi connectivity index (χ2n) is 18.5. The molecule has 1 N–H and O–H groups in total. The molecule has 10 heteroatoms. The monoisotopic (exact) mass is 851 g/mol. The summed E-state index contributed by atoms with van der Waals surface area (Å²) in [7, 11) is -0.932. The third kappa shape index (κ3) is 7.75. The lowest BCUT2D eigenvalue weighted by Crippen LogP contribution is -2.52. The molecule has 4 aromatic rings. The highest BCUT2D eigenvalue weighted by Crippen LogP contribution is 2.60. The van der Waals surface area contributed by atoms with Crippen LogP contribution in [0.4, 0.5) is 17.1 Å². The van der Waals surface area contributed by atoms with Crippen molar-refractivity contribution in [2.24, 2.45) is 5.92 Å². The van der Waals surface area contributed by atoms with Crippen LogP contribution in [0.2, 0.25) is 18.6 Å². The fourth-order valence-corrected chi connectivity index (χ4v) is 14.8. The minimum Gasteiger partial charge on any atom is -0.497 e. The van der Waals surface area contributed by atoms with Gasteiger partial charge in [0.1, 0.15) is 5.75 Å². The largest absolute Gasteiger partial charge is 0.497 e. The van der Waals surface area contributed by atoms with Gasteiger partial charge in [0, 0.05) is 36.7 Å². The lowest BCUT2D eigenvalue weighted by Gasteiger charge is -2.39. The Hall–Kier alpha value is -5.29. The van der Waals surface area contributed by atoms with E-state index in [-0.39, 0.29) is 48.3 Å². The molecule has 1 spiro atoms. The predicted octanol–water partition coefficient (Wildman–Crippen LogP) is 8.90. The second-order valence-corrected chi connectivity index (χ2v) is 23.2. The van der Waals surface area contributed by atoms with Crippen LogP contribution in [0, 0.1) is 5.92 Å². The third-order valence-electron chi connectivity index (χ3n) is 14.1. The number of aliphatic hydroxyl groups is 1. The predicted molar refractivity (Wildman–Crippen MR) is 249 cm³/mol. The minimum absolute atomic E-state index is 0.00475. The van der Waals surface area contributed by atoms with E-state index >= 15 is 4.79 Å². The molecule has 0 aromatic heterocycles. The van der Waals surface area contributed by atoms with Gasteiger partial charge in [-0.05, 0) is 105 Å². The molecule has 4 aliphatic heterocycles. The standard InChI is InChI=1S/C52H61N3O6Si/c1-34(2)13-12-14-35(3)27-28-53-46-25-20-40(55-45-18-11-10-15-37(45)19-26-48(55)57)30-44(46)52(51(53)59)36(4)50(62(6,7)43-23-21-42(60-5)22-24-43)47(61-52)31-49(58)54-32-39-17-9-8-16-38(39)29-41(54)33-56/h8-11,13,15-18,20-25,27,30,36,41,47,50,56H,12,14,19,26,28-29,31-33H2,1-7H3/b35-27+/t36-,41+,47+,50-,52+/m1/s1. The highest BCUT2D eigenvalue weighted by atomic mass is 28.3. The zero-order chi connectivity index (χ0) is 43.9. The van der Waals surface area contributed by atoms with Gasteiger partial charge in [0.25, 0.3) is 5.91 Å². The van der Waals surface area contributed by atoms with Gasteiger partial charge in [0.15, 0.2) is 5.60 Å². The van der Waals surface area contributed by atoms with Gasteiger partial charge in [-0.25, -0.2) is 0 Å². The molecule has 62 heavy (non-hydrogen) atoms. The van der Waals surface area contributed by atoms with Crippen LogP contribution in [0.1, 0.15) is 75.6 Å². The molecule has 9 nitrogen and oxygen atoms in total. The maximum Gasteiger partial charge on any atom is 0.264 e. The third-order valence-corrected chi connectivity index (χ3v) is 18.5. The van der Waals surface area contributed by atoms with Crippen LogP contribution >= 0.6 is 0 Å². The second kappa shape index (κ2) is 17.5. The highest BCUT2D eigenvalue weighted by Gasteiger charge is 2.66. The van der Waals surface area contributed by atoms with E-state index in [0.29, 0.717) is 38.0 Å². The average Bonchev–Trinajstić information content (AvgIpc) is 3.70. The van der Waals surface area contributed by atoms with Crippen LogP contribution in [0.25, 0.3) is 0 Å². The SMILES string of the molecule is COc1ccc([Si](C)(C)[C@H]2[C@H](CC(=O)N3Cc4ccccc4C[C@H]3CO)O[C@@]3(C(=O)N(C/C=C(\C)CCC=C(C)C)c4ccc(N5C(=O)CCc6ccccc65)cc43)[C@@H]2C)cc1. The number of rotatable bonds is 12. The quantitative estimate of drug-likeness (QED) is 0.113. The van der Waals surface area contributed by atoms with Gasteiger partial charge >= 0.3 is 0 Å². The lowest BCUT2D eigenvalue weighted by molar-refractivity contribution is -0.150. The van der Waals surface area contributed by atoms with Crippen LogP contribution < -0.4 is 19.7 Å². The Bertz CT molecular complexity index is 2420. The number of para-hydroxylation sites is 1. The van der Waals surface area contributed by atoms with Crippen molar-refractivity contribution >= 4 is 48.0 Å². The molecule has 1 saturated heterocycles. The molecule has 0 unspecified atom stereocenters. The van der Waals surface area contributed by atoms with E-state index in [1.807, 2.05) is 70.5 Å². The van der Waals surface area contributed by atoms with Crippen molar-refractivity contribution in [2.45, 2.75) is 109 Å². The average molecular weight is 852 g/mol. The zero-order valence-corrected chi connectivity index (χ0v) is 38.3. The summed E-state index contributed by atoms with van der Waals surface area (Å²) in [5, 5.41) is 11.8. The highest BCUT2D eigenvalue weighted by molar-refractivity contribution is 6.91. The van der Waals surface area contributed by atoms with E-state index in [1.54, 1.807) is 12.0 Å². The molecule has 0 radical (unpaired) electrons. The number of nitrogens with zero attached hydrogens (tertiary/aromatic N) is 3. The normalized spacial score (nSPS) is 23.4. The van der Waals surface area contributed by atoms with Crippen LogP contribution in [-0.4, -0.2) is 68.2 Å². The van der Waals surface area contributed by atoms with Crippen LogP contribution in [0.3, 0.4) is 0 Å². The minimum atomic E-state index is -2.59. The number of hydrogen-bond acceptors (Lipinski definition) is 6. The Kier molecular flexibility index (Phi) is 12.2. The first-order valence-electron chi connectivity index (χ1n) is 22.2. The summed E-state index contributed by atoms with van der Waals surface area (Å²) in [5.74, 6) is 0.178. The molecule has 0 aliphatic carbocycles. The Labute approximate surface area is 368 Å². The first-order valence-corrected chi connectivity index (χ1v) is 25.3. The molecule has 1 fully saturated rings. The van der Waals surface area contributed by atoms with Gasteiger partial charge in [0.2, 0.25) is 11.8 Å². The Morgan fingerprint density at radius 1 is 0.903 bits per heavy atom. The topological polar surface area (TPSA) is 99.6 Å². The summed E-state index contributed by atoms with van der Waals surface area (Å²) >= 11 is 0. The summed E-state index contributed by atoms with van der Waals surface area (Å²) in [6.07, 6.45) is 7.28. The smallest absolute Gasteiger partial charge is 0.264 e. The molecule has 4 heterocycles. The van der Waals surface area contributed by atoms with Gasteiger partial charge in [-0.3, -0.25) is 19.3 Å². The first-order chi connectivity index (χ1) is 29.8. The van der Waals surface area contributed by atoms with Gasteiger partial charge in [-0.1, -0.05) is 103 Å². The fourth-order valence-electron chi connectivity index (χ4n) is 10.8. The molecular weight excluding hydrogens is 791 g/mol. The van der Waals surface area contributed by atoms with Crippen LogP contribution in [0.5, 0.6) is 5.75 Å². The van der Waals surface area contributed by atoms with E-state index < -0.39 is 19.8 Å². The first kappa shape index (κ1) is 43.4. The molecule has 4 aliphatic rings. The zero-order valence-electron chi connectivity index (χ0n) is 37.3. The summed E-state index contributed by atoms with van der Waals surface area (Å²) in [6, 6.07) is 30.0. The molecule has 3 amide bonds. The van der Waals surface area contributed by atoms with Gasteiger partial charge < -0.3 is 24.4 Å². The Morgan fingerprint density at radius 3 is 2.32 bits per heavy atom. The Morgan fingerprint density at radius 2 is 1.61 bits per heavy atom. The maximum absolute atomic E-state index is 15.7. The molecule has 4 aromatic carbocycles. The van der Waals surface area contributed by atoms with Crippen molar-refractivity contribution in [1.29, 1.82) is 0 Å². The summed E-state index contributed by atoms with van der Waals surface area (Å²) in [4.78, 5) is 49.8. The number of carbonyl (C=O) groups is 3. The number of amides is 3. The Balaban J connectivity index is 1.24. The van der Waals surface area contributed by atoms with E-state index in [4.69, 9.17) is 9.47 Å². The molecular formula is C52H61N3O6Si. The number of aryl methyl sites for hydroxylation is 1. The van der Waals surface area contributed by atoms with Crippen molar-refractivity contribution in [2.75, 3.05) is 30.1 Å². The van der Waals surface area contributed by atoms with Crippen LogP contribution in [-0.2, 0) is 44.1 Å². The van der Waals surface area contributed by atoms with Crippen molar-refractivity contribution in [3.05, 3.63) is 137 Å². The molecule has 8 rings (SSSR count). The number of allylic oxidation sites excluding steroid dienone is 3. The molecule has 324 valence electrons. The van der Waals surface area contributed by atoms with E-state index in [0.717, 1.165) is 52.2 Å². The number of hydrogen-bond donors (Lipinski definition) is 1. The summed E-state index contributed by atoms with van der Waals surface area (Å²) in [6.45, 7) is 13.7. The lowest BCUT2D eigenvalue weighted by atomic mass is 9.82. The number of ether oxygens (including phenoxy) is 2. The van der Waals surface area contributed by atoms with E-state index in [9.17, 15) is 14.7 Å². The van der Waals surface area contributed by atoms with Gasteiger partial charge in [0.05, 0.1) is 51.7 Å². The van der Waals surface area contributed by atoms with Crippen molar-refractivity contribution < 1.29 is 29.0 Å². The van der Waals surface area contributed by atoms with E-state index in [1.165, 1.54) is 16.3 Å². The number of fused-ring (bicyclic) bond motifs is 4. The maximum atomic E-state index is 15.7. The number of aliphatic hydroxyl groups excluding tert-OH is 1. The number of methoxy groups -OCH3 is 1. The molecule has 0 bridgehead atoms. The van der Waals surface area contributed by atoms with Gasteiger partial charge in [-0.15, -0.1) is 0 Å². The van der Waals surface area contributed by atoms with Gasteiger partial charge in [-0.2, -0.15) is 0 Å². The number of anilines is 3. The van der Waals surface area contributed by atoms with Crippen molar-refractivity contribution in [3.8, 4) is 5.75 Å². The fraction of sp³-hybridized carbons (Fsp3) is 0.404. The van der Waals surface area contributed by atoms with E-state index in [2.05, 4.69) is 83.3 Å². The number of benzene rings is 4.